The van der Waals surface area contributed by atoms with Gasteiger partial charge in [0, 0.05) is 6.04 Å². The molecule has 1 rings (SSSR count). The van der Waals surface area contributed by atoms with Gasteiger partial charge in [0.15, 0.2) is 0 Å². The average molecular weight is 147 g/mol. The summed E-state index contributed by atoms with van der Waals surface area (Å²) in [5.74, 6) is 0. The molecule has 9 heavy (non-hydrogen) atoms. The molecule has 0 aromatic heterocycles. The normalized spacial score (nSPS) is 24.6. The number of halogens is 1. The Balaban J connectivity index is 0.000000640. The van der Waals surface area contributed by atoms with E-state index in [1.54, 1.807) is 0 Å². The first-order valence-corrected chi connectivity index (χ1v) is 3.04. The highest BCUT2D eigenvalue weighted by molar-refractivity contribution is 5.85. The van der Waals surface area contributed by atoms with Crippen LogP contribution in [0.2, 0.25) is 0 Å². The molecule has 0 aromatic rings. The van der Waals surface area contributed by atoms with Crippen LogP contribution in [-0.2, 0) is 0 Å². The Labute approximate surface area is 61.7 Å². The molecule has 0 bridgehead atoms. The van der Waals surface area contributed by atoms with Crippen LogP contribution in [0.3, 0.4) is 0 Å². The van der Waals surface area contributed by atoms with E-state index < -0.39 is 0 Å². The first-order chi connectivity index (χ1) is 3.93. The third-order valence-corrected chi connectivity index (χ3v) is 1.50. The van der Waals surface area contributed by atoms with Crippen molar-refractivity contribution in [2.24, 2.45) is 0 Å². The summed E-state index contributed by atoms with van der Waals surface area (Å²) in [5, 5.41) is 11.5. The monoisotopic (exact) mass is 146 g/mol. The second-order valence-corrected chi connectivity index (χ2v) is 2.16. The van der Waals surface area contributed by atoms with E-state index in [0.29, 0.717) is 12.5 Å². The van der Waals surface area contributed by atoms with Crippen molar-refractivity contribution in [1.29, 1.82) is 5.26 Å². The molecule has 1 N–H and O–H groups in total. The molecule has 1 heterocycles. The van der Waals surface area contributed by atoms with Crippen LogP contribution in [0.4, 0.5) is 0 Å². The number of nitrogens with zero attached hydrogens (tertiary/aromatic N) is 1. The third kappa shape index (κ3) is 2.69. The van der Waals surface area contributed by atoms with Gasteiger partial charge < -0.3 is 5.32 Å². The first-order valence-electron chi connectivity index (χ1n) is 3.04. The minimum Gasteiger partial charge on any atom is -0.313 e. The molecular formula is C6H11ClN2. The summed E-state index contributed by atoms with van der Waals surface area (Å²) in [6, 6.07) is 2.65. The van der Waals surface area contributed by atoms with Gasteiger partial charge in [-0.2, -0.15) is 5.26 Å². The van der Waals surface area contributed by atoms with Gasteiger partial charge in [-0.25, -0.2) is 0 Å². The summed E-state index contributed by atoms with van der Waals surface area (Å²) < 4.78 is 0. The van der Waals surface area contributed by atoms with E-state index >= 15 is 0 Å². The van der Waals surface area contributed by atoms with Gasteiger partial charge in [0.2, 0.25) is 0 Å². The van der Waals surface area contributed by atoms with Gasteiger partial charge in [-0.05, 0) is 19.4 Å². The molecule has 2 nitrogen and oxygen atoms in total. The van der Waals surface area contributed by atoms with Crippen molar-refractivity contribution in [3.63, 3.8) is 0 Å². The molecule has 1 aliphatic rings. The van der Waals surface area contributed by atoms with Crippen LogP contribution >= 0.6 is 12.4 Å². The highest BCUT2D eigenvalue weighted by Gasteiger charge is 2.11. The molecule has 0 amide bonds. The molecule has 0 aliphatic carbocycles. The molecule has 1 atom stereocenters. The van der Waals surface area contributed by atoms with E-state index in [0.717, 1.165) is 6.54 Å². The molecule has 3 heteroatoms. The fraction of sp³-hybridized carbons (Fsp3) is 0.833. The summed E-state index contributed by atoms with van der Waals surface area (Å²) in [4.78, 5) is 0. The van der Waals surface area contributed by atoms with Crippen LogP contribution in [0.15, 0.2) is 0 Å². The van der Waals surface area contributed by atoms with Gasteiger partial charge >= 0.3 is 0 Å². The van der Waals surface area contributed by atoms with E-state index in [4.69, 9.17) is 5.26 Å². The largest absolute Gasteiger partial charge is 0.313 e. The molecule has 1 saturated heterocycles. The van der Waals surface area contributed by atoms with Crippen LogP contribution in [0.1, 0.15) is 19.3 Å². The lowest BCUT2D eigenvalue weighted by molar-refractivity contribution is 0.620. The van der Waals surface area contributed by atoms with Crippen LogP contribution in [0.5, 0.6) is 0 Å². The SMILES string of the molecule is Cl.N#CC[C@H]1CCCN1. The van der Waals surface area contributed by atoms with Crippen LogP contribution in [-0.4, -0.2) is 12.6 Å². The van der Waals surface area contributed by atoms with Crippen LogP contribution in [0.25, 0.3) is 0 Å². The highest BCUT2D eigenvalue weighted by atomic mass is 35.5. The Bertz CT molecular complexity index is 102. The minimum absolute atomic E-state index is 0. The zero-order valence-corrected chi connectivity index (χ0v) is 6.08. The third-order valence-electron chi connectivity index (χ3n) is 1.50. The van der Waals surface area contributed by atoms with Gasteiger partial charge in [0.05, 0.1) is 12.5 Å². The zero-order chi connectivity index (χ0) is 5.82. The van der Waals surface area contributed by atoms with Crippen molar-refractivity contribution in [3.05, 3.63) is 0 Å². The van der Waals surface area contributed by atoms with E-state index in [1.165, 1.54) is 12.8 Å². The standard InChI is InChI=1S/C6H10N2.ClH/c7-4-3-6-2-1-5-8-6;/h6,8H,1-3,5H2;1H/t6-;/m1./s1. The van der Waals surface area contributed by atoms with Crippen molar-refractivity contribution in [2.45, 2.75) is 25.3 Å². The number of rotatable bonds is 1. The predicted octanol–water partition coefficient (Wildman–Crippen LogP) is 1.07. The predicted molar refractivity (Wildman–Crippen MR) is 38.5 cm³/mol. The van der Waals surface area contributed by atoms with Crippen molar-refractivity contribution in [3.8, 4) is 6.07 Å². The Kier molecular flexibility index (Phi) is 4.47. The number of nitriles is 1. The molecule has 1 aliphatic heterocycles. The molecule has 1 fully saturated rings. The highest BCUT2D eigenvalue weighted by Crippen LogP contribution is 2.06. The maximum Gasteiger partial charge on any atom is 0.0638 e. The molecule has 0 saturated carbocycles. The Hall–Kier alpha value is -0.260. The minimum atomic E-state index is 0. The maximum absolute atomic E-state index is 8.24. The van der Waals surface area contributed by atoms with Crippen LogP contribution < -0.4 is 5.32 Å². The average Bonchev–Trinajstić information content (AvgIpc) is 2.19. The molecule has 0 spiro atoms. The number of hydrogen-bond acceptors (Lipinski definition) is 2. The van der Waals surface area contributed by atoms with Crippen LogP contribution in [0, 0.1) is 11.3 Å². The van der Waals surface area contributed by atoms with Gasteiger partial charge in [-0.1, -0.05) is 0 Å². The fourth-order valence-electron chi connectivity index (χ4n) is 1.04. The fourth-order valence-corrected chi connectivity index (χ4v) is 1.04. The Morgan fingerprint density at radius 1 is 1.67 bits per heavy atom. The second kappa shape index (κ2) is 4.60. The number of nitrogens with one attached hydrogen (secondary N) is 1. The topological polar surface area (TPSA) is 35.8 Å². The van der Waals surface area contributed by atoms with Crippen molar-refractivity contribution < 1.29 is 0 Å². The first kappa shape index (κ1) is 8.74. The molecular weight excluding hydrogens is 136 g/mol. The smallest absolute Gasteiger partial charge is 0.0638 e. The van der Waals surface area contributed by atoms with E-state index in [1.807, 2.05) is 0 Å². The lowest BCUT2D eigenvalue weighted by Gasteiger charge is -2.00. The van der Waals surface area contributed by atoms with Gasteiger partial charge in [-0.3, -0.25) is 0 Å². The number of hydrogen-bond donors (Lipinski definition) is 1. The van der Waals surface area contributed by atoms with Gasteiger partial charge in [0.1, 0.15) is 0 Å². The lowest BCUT2D eigenvalue weighted by Crippen LogP contribution is -2.19. The lowest BCUT2D eigenvalue weighted by atomic mass is 10.2. The summed E-state index contributed by atoms with van der Waals surface area (Å²) in [7, 11) is 0. The Morgan fingerprint density at radius 3 is 2.89 bits per heavy atom. The van der Waals surface area contributed by atoms with Crippen molar-refractivity contribution >= 4 is 12.4 Å². The quantitative estimate of drug-likeness (QED) is 0.601. The van der Waals surface area contributed by atoms with E-state index in [9.17, 15) is 0 Å². The summed E-state index contributed by atoms with van der Waals surface area (Å²) >= 11 is 0. The zero-order valence-electron chi connectivity index (χ0n) is 5.26. The maximum atomic E-state index is 8.24. The Morgan fingerprint density at radius 2 is 2.44 bits per heavy atom. The van der Waals surface area contributed by atoms with Gasteiger partial charge in [-0.15, -0.1) is 12.4 Å². The molecule has 0 unspecified atom stereocenters. The van der Waals surface area contributed by atoms with Crippen molar-refractivity contribution in [2.75, 3.05) is 6.54 Å². The van der Waals surface area contributed by atoms with E-state index in [-0.39, 0.29) is 12.4 Å². The molecule has 52 valence electrons. The second-order valence-electron chi connectivity index (χ2n) is 2.16. The summed E-state index contributed by atoms with van der Waals surface area (Å²) in [5.41, 5.74) is 0. The summed E-state index contributed by atoms with van der Waals surface area (Å²) in [6.45, 7) is 1.10. The van der Waals surface area contributed by atoms with Crippen molar-refractivity contribution in [1.82, 2.24) is 5.32 Å². The molecule has 0 aromatic carbocycles. The molecule has 0 radical (unpaired) electrons. The van der Waals surface area contributed by atoms with Gasteiger partial charge in [0.25, 0.3) is 0 Å². The summed E-state index contributed by atoms with van der Waals surface area (Å²) in [6.07, 6.45) is 3.11. The van der Waals surface area contributed by atoms with E-state index in [2.05, 4.69) is 11.4 Å².